The average Bonchev–Trinajstić information content (AvgIpc) is 1.49. The van der Waals surface area contributed by atoms with Gasteiger partial charge in [0.2, 0.25) is 0 Å². The zero-order valence-electron chi connectivity index (χ0n) is 54.8. The molecule has 12 saturated heterocycles. The minimum Gasteiger partial charge on any atom is -0.461 e. The number of hydrogen-bond acceptors (Lipinski definition) is 36. The molecule has 554 valence electrons. The summed E-state index contributed by atoms with van der Waals surface area (Å²) in [5, 5.41) is -2.55. The molecule has 12 fully saturated rings. The summed E-state index contributed by atoms with van der Waals surface area (Å²) in [6.07, 6.45) is -2.35. The summed E-state index contributed by atoms with van der Waals surface area (Å²) < 4.78 is 200. The van der Waals surface area contributed by atoms with E-state index in [1.807, 2.05) is 0 Å². The second-order valence-electron chi connectivity index (χ2n) is 25.4. The van der Waals surface area contributed by atoms with E-state index >= 15 is 0 Å². The molecule has 0 radical (unpaired) electrons. The number of hydrogen-bond donors (Lipinski definition) is 0. The lowest BCUT2D eigenvalue weighted by Crippen LogP contribution is -2.63. The van der Waals surface area contributed by atoms with Crippen molar-refractivity contribution in [3.05, 3.63) is 49.6 Å². The highest BCUT2D eigenvalue weighted by Gasteiger charge is 2.82. The van der Waals surface area contributed by atoms with Gasteiger partial charge in [-0.1, -0.05) is 26.3 Å². The van der Waals surface area contributed by atoms with Crippen LogP contribution in [-0.4, -0.2) is 277 Å². The van der Waals surface area contributed by atoms with E-state index in [1.165, 1.54) is 13.8 Å². The molecule has 12 aliphatic heterocycles. The van der Waals surface area contributed by atoms with Crippen molar-refractivity contribution >= 4 is 88.2 Å². The Kier molecular flexibility index (Phi) is 22.9. The first-order valence-electron chi connectivity index (χ1n) is 31.0. The Hall–Kier alpha value is -5.96. The zero-order chi connectivity index (χ0) is 72.8. The Morgan fingerprint density at radius 2 is 0.960 bits per heavy atom. The van der Waals surface area contributed by atoms with Gasteiger partial charge in [0.05, 0.1) is 50.3 Å². The van der Waals surface area contributed by atoms with E-state index < -0.39 is 212 Å². The van der Waals surface area contributed by atoms with Crippen molar-refractivity contribution in [3.8, 4) is 0 Å². The van der Waals surface area contributed by atoms with E-state index in [1.54, 1.807) is 34.6 Å². The second kappa shape index (κ2) is 29.4. The molecule has 40 heteroatoms. The lowest BCUT2D eigenvalue weighted by Gasteiger charge is -2.45. The predicted molar refractivity (Wildman–Crippen MR) is 323 cm³/mol. The fraction of sp³-hybridized carbons (Fsp3) is 0.729. The van der Waals surface area contributed by atoms with Gasteiger partial charge >= 0.3 is 47.8 Å². The van der Waals surface area contributed by atoms with E-state index in [2.05, 4.69) is 45.3 Å². The fourth-order valence-corrected chi connectivity index (χ4v) is 21.1. The molecule has 12 heterocycles. The molecular formula is C59H78O36S4. The molecule has 0 spiro atoms. The number of ether oxygens (including phenoxy) is 16. The first kappa shape index (κ1) is 77.2. The number of fused-ring (bicyclic) bond motifs is 4. The second-order valence-corrected chi connectivity index (χ2v) is 32.5. The molecule has 0 amide bonds. The van der Waals surface area contributed by atoms with Crippen LogP contribution < -0.4 is 0 Å². The van der Waals surface area contributed by atoms with Gasteiger partial charge in [-0.15, -0.1) is 0 Å². The molecule has 8 bridgehead atoms. The van der Waals surface area contributed by atoms with Crippen molar-refractivity contribution in [2.45, 2.75) is 190 Å². The van der Waals surface area contributed by atoms with Crippen LogP contribution in [0.4, 0.5) is 0 Å². The molecular weight excluding hydrogens is 1410 g/mol. The van der Waals surface area contributed by atoms with Crippen LogP contribution in [0.25, 0.3) is 0 Å². The lowest BCUT2D eigenvalue weighted by molar-refractivity contribution is -0.185. The Labute approximate surface area is 569 Å². The summed E-state index contributed by atoms with van der Waals surface area (Å²) in [6, 6.07) is 0. The standard InChI is InChI=1S/C16H22O9S.C15H20O9S.2C14H18O9S/c1-5-11(17)22-9-12(18)21-6-7-23-16(4)14(2)8-10-13(24-14)15(16,3)25-26(10,19)20;1-8(2)14(17)22-7-11(16)20-4-5-21-12-9-6-10-13(23-9)15(12,3)24-25(10,18)19;1-7(2)14(16)21-6-10(15)19-3-4-20-11-8-5-9-12(22-8)13(11)23-24(9,17)18;1-3-10(15)20-7-11(16)19-4-5-21-14(2)9-6-8-12(22-9)13(14)23-24(8,17)18/h5,10,13H,1,6-9H2,2-4H3;9-10,12-13H,1,4-7H2,2-3H3;8-9,11-13H,1,3-6H2,2H3;3,8-9,12-13H,1,4-7H2,2H3. The van der Waals surface area contributed by atoms with E-state index in [0.717, 1.165) is 12.2 Å². The quantitative estimate of drug-likeness (QED) is 0.0279. The summed E-state index contributed by atoms with van der Waals surface area (Å²) in [5.41, 5.74) is -4.60. The molecule has 0 N–H and O–H groups in total. The van der Waals surface area contributed by atoms with Crippen molar-refractivity contribution in [2.75, 3.05) is 79.3 Å². The predicted octanol–water partition coefficient (Wildman–Crippen LogP) is -1.62. The van der Waals surface area contributed by atoms with Crippen molar-refractivity contribution in [3.63, 3.8) is 0 Å². The molecule has 0 aliphatic carbocycles. The van der Waals surface area contributed by atoms with Crippen LogP contribution in [-0.2, 0) is 171 Å². The van der Waals surface area contributed by atoms with E-state index in [9.17, 15) is 72.0 Å². The topological polar surface area (TPSA) is 458 Å². The Bertz CT molecular complexity index is 3710. The fourth-order valence-electron chi connectivity index (χ4n) is 13.9. The summed E-state index contributed by atoms with van der Waals surface area (Å²) in [5.74, 6) is -5.65. The smallest absolute Gasteiger partial charge is 0.344 e. The molecule has 0 aromatic heterocycles. The van der Waals surface area contributed by atoms with Crippen LogP contribution in [0.1, 0.15) is 74.1 Å². The summed E-state index contributed by atoms with van der Waals surface area (Å²) in [4.78, 5) is 89.7. The maximum absolute atomic E-state index is 12.2. The Balaban J connectivity index is 0.000000154. The minimum absolute atomic E-state index is 0.00692. The number of rotatable bonds is 28. The Morgan fingerprint density at radius 1 is 0.475 bits per heavy atom. The maximum atomic E-state index is 12.2. The van der Waals surface area contributed by atoms with Crippen LogP contribution in [0.3, 0.4) is 0 Å². The number of carbonyl (C=O) groups is 8. The number of esters is 8. The van der Waals surface area contributed by atoms with Crippen LogP contribution in [0.5, 0.6) is 0 Å². The van der Waals surface area contributed by atoms with Crippen LogP contribution in [0.15, 0.2) is 49.6 Å². The third kappa shape index (κ3) is 15.4. The molecule has 12 aliphatic rings. The molecule has 12 rings (SSSR count). The Morgan fingerprint density at radius 3 is 1.51 bits per heavy atom. The van der Waals surface area contributed by atoms with Crippen molar-refractivity contribution in [1.29, 1.82) is 0 Å². The van der Waals surface area contributed by atoms with E-state index in [4.69, 9.17) is 73.6 Å². The van der Waals surface area contributed by atoms with Gasteiger partial charge in [0.25, 0.3) is 40.5 Å². The minimum atomic E-state index is -3.71. The van der Waals surface area contributed by atoms with E-state index in [0.29, 0.717) is 19.3 Å². The molecule has 0 saturated carbocycles. The molecule has 20 unspecified atom stereocenters. The van der Waals surface area contributed by atoms with Gasteiger partial charge < -0.3 is 75.8 Å². The van der Waals surface area contributed by atoms with Gasteiger partial charge in [-0.05, 0) is 67.7 Å². The first-order valence-corrected chi connectivity index (χ1v) is 36.8. The van der Waals surface area contributed by atoms with Crippen LogP contribution >= 0.6 is 0 Å². The van der Waals surface area contributed by atoms with Crippen LogP contribution in [0, 0.1) is 0 Å². The van der Waals surface area contributed by atoms with Gasteiger partial charge in [0.1, 0.15) is 119 Å². The zero-order valence-corrected chi connectivity index (χ0v) is 58.1. The van der Waals surface area contributed by atoms with Crippen molar-refractivity contribution < 1.29 is 165 Å². The van der Waals surface area contributed by atoms with Crippen LogP contribution in [0.2, 0.25) is 0 Å². The monoisotopic (exact) mass is 1490 g/mol. The van der Waals surface area contributed by atoms with Crippen molar-refractivity contribution in [1.82, 2.24) is 0 Å². The van der Waals surface area contributed by atoms with E-state index in [-0.39, 0.29) is 88.7 Å². The van der Waals surface area contributed by atoms with Gasteiger partial charge in [0.15, 0.2) is 26.4 Å². The third-order valence-corrected chi connectivity index (χ3v) is 25.8. The van der Waals surface area contributed by atoms with Gasteiger partial charge in [0, 0.05) is 29.7 Å². The molecule has 0 aromatic carbocycles. The molecule has 0 aromatic rings. The summed E-state index contributed by atoms with van der Waals surface area (Å²) >= 11 is 0. The van der Waals surface area contributed by atoms with Gasteiger partial charge in [-0.25, -0.2) is 38.4 Å². The average molecular weight is 1490 g/mol. The SMILES string of the molecule is C=C(C)C(=O)OCC(=O)OCCOC1C2CC3C(O2)C1(C)OS3(=O)=O.C=C(C)C(=O)OCC(=O)OCCOC1C2CC3C(O2)C1OS3(=O)=O.C=CC(=O)OCC(=O)OCCOC1(C)C2(C)CC3C(O2)C1(C)OS3(=O)=O.C=CC(=O)OCC(=O)OCCOC1(C)C2CC3C(O2)C1OS3(=O)=O. The lowest BCUT2D eigenvalue weighted by atomic mass is 9.67. The molecule has 99 heavy (non-hydrogen) atoms. The number of carbonyl (C=O) groups excluding carboxylic acids is 8. The normalized spacial score (nSPS) is 38.0. The highest BCUT2D eigenvalue weighted by atomic mass is 32.2. The molecule has 20 atom stereocenters. The van der Waals surface area contributed by atoms with Gasteiger partial charge in [-0.2, -0.15) is 33.7 Å². The highest BCUT2D eigenvalue weighted by Crippen LogP contribution is 2.64. The third-order valence-electron chi connectivity index (χ3n) is 18.9. The maximum Gasteiger partial charge on any atom is 0.344 e. The largest absolute Gasteiger partial charge is 0.461 e. The molecule has 36 nitrogen and oxygen atoms in total. The summed E-state index contributed by atoms with van der Waals surface area (Å²) in [7, 11) is -14.5. The van der Waals surface area contributed by atoms with Crippen molar-refractivity contribution in [2.24, 2.45) is 0 Å². The highest BCUT2D eigenvalue weighted by molar-refractivity contribution is 7.88. The summed E-state index contributed by atoms with van der Waals surface area (Å²) in [6.45, 7) is 22.5. The van der Waals surface area contributed by atoms with Gasteiger partial charge in [-0.3, -0.25) is 16.7 Å². The first-order chi connectivity index (χ1) is 46.2.